The summed E-state index contributed by atoms with van der Waals surface area (Å²) in [7, 11) is -2.40. The summed E-state index contributed by atoms with van der Waals surface area (Å²) >= 11 is 0. The highest BCUT2D eigenvalue weighted by atomic mass is 32.2. The quantitative estimate of drug-likeness (QED) is 0.851. The molecule has 0 amide bonds. The van der Waals surface area contributed by atoms with Crippen LogP contribution in [0.25, 0.3) is 0 Å². The molecule has 0 radical (unpaired) electrons. The number of hydrogen-bond acceptors (Lipinski definition) is 4. The van der Waals surface area contributed by atoms with Crippen LogP contribution in [0.5, 0.6) is 5.75 Å². The topological polar surface area (TPSA) is 55.8 Å². The van der Waals surface area contributed by atoms with Gasteiger partial charge >= 0.3 is 0 Å². The lowest BCUT2D eigenvalue weighted by Gasteiger charge is -2.35. The van der Waals surface area contributed by atoms with Crippen molar-refractivity contribution < 1.29 is 22.3 Å². The summed E-state index contributed by atoms with van der Waals surface area (Å²) in [6.45, 7) is 4.17. The molecule has 0 aliphatic carbocycles. The Morgan fingerprint density at radius 2 is 2.10 bits per heavy atom. The van der Waals surface area contributed by atoms with E-state index in [9.17, 15) is 12.8 Å². The predicted octanol–water partition coefficient (Wildman–Crippen LogP) is 1.63. The maximum absolute atomic E-state index is 13.7. The number of benzene rings is 1. The second-order valence-electron chi connectivity index (χ2n) is 4.86. The Hall–Kier alpha value is -1.18. The Morgan fingerprint density at radius 1 is 1.40 bits per heavy atom. The minimum atomic E-state index is -3.73. The molecule has 112 valence electrons. The molecule has 1 aliphatic heterocycles. The van der Waals surface area contributed by atoms with Crippen LogP contribution in [-0.4, -0.2) is 45.1 Å². The van der Waals surface area contributed by atoms with Crippen molar-refractivity contribution in [2.75, 3.05) is 20.3 Å². The van der Waals surface area contributed by atoms with Crippen LogP contribution in [0.15, 0.2) is 23.1 Å². The fraction of sp³-hybridized carbons (Fsp3) is 0.538. The molecule has 1 saturated heterocycles. The summed E-state index contributed by atoms with van der Waals surface area (Å²) in [5.74, 6) is -0.671. The smallest absolute Gasteiger partial charge is 0.243 e. The van der Waals surface area contributed by atoms with E-state index in [1.807, 2.05) is 6.92 Å². The molecule has 0 unspecified atom stereocenters. The third-order valence-corrected chi connectivity index (χ3v) is 5.26. The van der Waals surface area contributed by atoms with Crippen LogP contribution >= 0.6 is 0 Å². The summed E-state index contributed by atoms with van der Waals surface area (Å²) in [5.41, 5.74) is 0. The summed E-state index contributed by atoms with van der Waals surface area (Å²) in [6, 6.07) is 3.38. The minimum Gasteiger partial charge on any atom is -0.494 e. The lowest BCUT2D eigenvalue weighted by Crippen LogP contribution is -2.50. The molecule has 2 atom stereocenters. The van der Waals surface area contributed by atoms with Crippen LogP contribution in [0.4, 0.5) is 4.39 Å². The van der Waals surface area contributed by atoms with Crippen molar-refractivity contribution in [3.8, 4) is 5.75 Å². The molecule has 1 fully saturated rings. The maximum Gasteiger partial charge on any atom is 0.243 e. The SMILES string of the molecule is COc1ccc(S(=O)(=O)N2C[C@@H](C)OC[C@@H]2C)cc1F. The third-order valence-electron chi connectivity index (χ3n) is 3.28. The molecule has 0 spiro atoms. The van der Waals surface area contributed by atoms with Crippen LogP contribution in [0, 0.1) is 5.82 Å². The molecule has 0 bridgehead atoms. The highest BCUT2D eigenvalue weighted by molar-refractivity contribution is 7.89. The van der Waals surface area contributed by atoms with Crippen LogP contribution in [0.1, 0.15) is 13.8 Å². The van der Waals surface area contributed by atoms with E-state index < -0.39 is 15.8 Å². The van der Waals surface area contributed by atoms with Gasteiger partial charge in [0.05, 0.1) is 24.7 Å². The average Bonchev–Trinajstić information content (AvgIpc) is 2.41. The van der Waals surface area contributed by atoms with E-state index >= 15 is 0 Å². The molecule has 0 N–H and O–H groups in total. The van der Waals surface area contributed by atoms with Crippen molar-refractivity contribution in [2.45, 2.75) is 30.9 Å². The largest absolute Gasteiger partial charge is 0.494 e. The van der Waals surface area contributed by atoms with Gasteiger partial charge in [0.25, 0.3) is 0 Å². The molecule has 1 aliphatic rings. The number of halogens is 1. The molecule has 1 heterocycles. The average molecular weight is 303 g/mol. The Bertz CT molecular complexity index is 590. The number of sulfonamides is 1. The summed E-state index contributed by atoms with van der Waals surface area (Å²) in [6.07, 6.45) is -0.177. The van der Waals surface area contributed by atoms with E-state index in [1.54, 1.807) is 6.92 Å². The molecule has 20 heavy (non-hydrogen) atoms. The Kier molecular flexibility index (Phi) is 4.31. The maximum atomic E-state index is 13.7. The first-order valence-electron chi connectivity index (χ1n) is 6.33. The van der Waals surface area contributed by atoms with Crippen molar-refractivity contribution in [1.29, 1.82) is 0 Å². The summed E-state index contributed by atoms with van der Waals surface area (Å²) < 4.78 is 50.4. The number of ether oxygens (including phenoxy) is 2. The molecular weight excluding hydrogens is 285 g/mol. The number of methoxy groups -OCH3 is 1. The highest BCUT2D eigenvalue weighted by Gasteiger charge is 2.34. The van der Waals surface area contributed by atoms with Gasteiger partial charge in [0.1, 0.15) is 0 Å². The van der Waals surface area contributed by atoms with E-state index in [4.69, 9.17) is 9.47 Å². The molecule has 0 saturated carbocycles. The van der Waals surface area contributed by atoms with Gasteiger partial charge in [0.2, 0.25) is 10.0 Å². The molecule has 2 rings (SSSR count). The van der Waals surface area contributed by atoms with Crippen LogP contribution in [0.2, 0.25) is 0 Å². The third kappa shape index (κ3) is 2.79. The summed E-state index contributed by atoms with van der Waals surface area (Å²) in [4.78, 5) is -0.0725. The molecular formula is C13H18FNO4S. The zero-order chi connectivity index (χ0) is 14.9. The van der Waals surface area contributed by atoms with E-state index in [-0.39, 0.29) is 29.3 Å². The van der Waals surface area contributed by atoms with Gasteiger partial charge in [-0.05, 0) is 32.0 Å². The van der Waals surface area contributed by atoms with Gasteiger partial charge < -0.3 is 9.47 Å². The first-order chi connectivity index (χ1) is 9.36. The van der Waals surface area contributed by atoms with Crippen molar-refractivity contribution in [3.63, 3.8) is 0 Å². The van der Waals surface area contributed by atoms with Crippen LogP contribution in [-0.2, 0) is 14.8 Å². The lowest BCUT2D eigenvalue weighted by atomic mass is 10.2. The molecule has 5 nitrogen and oxygen atoms in total. The van der Waals surface area contributed by atoms with Gasteiger partial charge in [-0.3, -0.25) is 0 Å². The van der Waals surface area contributed by atoms with Crippen LogP contribution < -0.4 is 4.74 Å². The van der Waals surface area contributed by atoms with Gasteiger partial charge in [0, 0.05) is 12.6 Å². The number of rotatable bonds is 3. The van der Waals surface area contributed by atoms with E-state index in [0.29, 0.717) is 6.61 Å². The minimum absolute atomic E-state index is 0.0207. The van der Waals surface area contributed by atoms with Gasteiger partial charge in [0.15, 0.2) is 11.6 Å². The zero-order valence-electron chi connectivity index (χ0n) is 11.7. The fourth-order valence-electron chi connectivity index (χ4n) is 2.15. The Morgan fingerprint density at radius 3 is 2.70 bits per heavy atom. The zero-order valence-corrected chi connectivity index (χ0v) is 12.5. The molecule has 0 aromatic heterocycles. The van der Waals surface area contributed by atoms with Crippen molar-refractivity contribution >= 4 is 10.0 Å². The molecule has 1 aromatic carbocycles. The van der Waals surface area contributed by atoms with Gasteiger partial charge in [-0.15, -0.1) is 0 Å². The number of nitrogens with zero attached hydrogens (tertiary/aromatic N) is 1. The Balaban J connectivity index is 2.36. The molecule has 1 aromatic rings. The second kappa shape index (κ2) is 5.67. The fourth-order valence-corrected chi connectivity index (χ4v) is 3.85. The first kappa shape index (κ1) is 15.2. The second-order valence-corrected chi connectivity index (χ2v) is 6.75. The van der Waals surface area contributed by atoms with Gasteiger partial charge in [-0.1, -0.05) is 0 Å². The van der Waals surface area contributed by atoms with E-state index in [1.165, 1.54) is 23.5 Å². The Labute approximate surface area is 118 Å². The van der Waals surface area contributed by atoms with E-state index in [0.717, 1.165) is 6.07 Å². The normalized spacial score (nSPS) is 24.6. The number of morpholine rings is 1. The monoisotopic (exact) mass is 303 g/mol. The summed E-state index contributed by atoms with van der Waals surface area (Å²) in [5, 5.41) is 0. The lowest BCUT2D eigenvalue weighted by molar-refractivity contribution is -0.0170. The first-order valence-corrected chi connectivity index (χ1v) is 7.77. The number of hydrogen-bond donors (Lipinski definition) is 0. The standard InChI is InChI=1S/C13H18FNO4S/c1-9-8-19-10(2)7-15(9)20(16,17)11-4-5-13(18-3)12(14)6-11/h4-6,9-10H,7-8H2,1-3H3/t9-,10+/m0/s1. The van der Waals surface area contributed by atoms with Gasteiger partial charge in [-0.2, -0.15) is 4.31 Å². The predicted molar refractivity (Wildman–Crippen MR) is 71.7 cm³/mol. The molecule has 7 heteroatoms. The van der Waals surface area contributed by atoms with Crippen molar-refractivity contribution in [2.24, 2.45) is 0 Å². The van der Waals surface area contributed by atoms with Crippen molar-refractivity contribution in [3.05, 3.63) is 24.0 Å². The van der Waals surface area contributed by atoms with Gasteiger partial charge in [-0.25, -0.2) is 12.8 Å². The van der Waals surface area contributed by atoms with E-state index in [2.05, 4.69) is 0 Å². The van der Waals surface area contributed by atoms with Crippen molar-refractivity contribution in [1.82, 2.24) is 4.31 Å². The van der Waals surface area contributed by atoms with Crippen LogP contribution in [0.3, 0.4) is 0 Å². The highest BCUT2D eigenvalue weighted by Crippen LogP contribution is 2.26.